The third-order valence-electron chi connectivity index (χ3n) is 5.72. The van der Waals surface area contributed by atoms with Crippen molar-refractivity contribution in [2.45, 2.75) is 6.42 Å². The summed E-state index contributed by atoms with van der Waals surface area (Å²) < 4.78 is 7.69. The second kappa shape index (κ2) is 8.61. The van der Waals surface area contributed by atoms with Gasteiger partial charge < -0.3 is 14.6 Å². The Kier molecular flexibility index (Phi) is 5.53. The number of aromatic amines is 1. The number of hydrogen-bond donors (Lipinski definition) is 1. The molecule has 1 aliphatic heterocycles. The normalized spacial score (nSPS) is 15.1. The molecule has 0 radical (unpaired) electrons. The molecule has 1 fully saturated rings. The van der Waals surface area contributed by atoms with Gasteiger partial charge in [0.25, 0.3) is 5.56 Å². The molecule has 1 aromatic carbocycles. The van der Waals surface area contributed by atoms with Gasteiger partial charge >= 0.3 is 0 Å². The molecule has 3 aromatic heterocycles. The molecule has 1 saturated heterocycles. The minimum atomic E-state index is -0.122. The zero-order valence-corrected chi connectivity index (χ0v) is 17.9. The van der Waals surface area contributed by atoms with E-state index in [1.165, 1.54) is 5.69 Å². The van der Waals surface area contributed by atoms with Gasteiger partial charge in [-0.05, 0) is 42.8 Å². The standard InChI is InChI=1S/C23H24ClN5O2/c24-17-4-1-5-18(16-17)28-13-11-27(12-14-28)9-3-15-31-21-8-7-19-22(26-21)29-10-2-6-20(29)23(30)25-19/h1-2,4-8,10,16H,3,9,11-15H2,(H,25,30). The number of aromatic nitrogens is 3. The average Bonchev–Trinajstić information content (AvgIpc) is 3.29. The minimum absolute atomic E-state index is 0.122. The second-order valence-corrected chi connectivity index (χ2v) is 8.19. The van der Waals surface area contributed by atoms with Crippen LogP contribution in [0.3, 0.4) is 0 Å². The van der Waals surface area contributed by atoms with Crippen LogP contribution in [0.1, 0.15) is 6.42 Å². The third-order valence-corrected chi connectivity index (χ3v) is 5.96. The quantitative estimate of drug-likeness (QED) is 0.468. The summed E-state index contributed by atoms with van der Waals surface area (Å²) in [4.78, 5) is 24.4. The Morgan fingerprint density at radius 1 is 1.06 bits per heavy atom. The maximum Gasteiger partial charge on any atom is 0.272 e. The van der Waals surface area contributed by atoms with Gasteiger partial charge in [0.15, 0.2) is 5.65 Å². The van der Waals surface area contributed by atoms with Crippen molar-refractivity contribution in [3.05, 3.63) is 70.1 Å². The summed E-state index contributed by atoms with van der Waals surface area (Å²) >= 11 is 6.12. The molecule has 0 bridgehead atoms. The van der Waals surface area contributed by atoms with E-state index in [1.54, 1.807) is 16.5 Å². The predicted octanol–water partition coefficient (Wildman–Crippen LogP) is 3.42. The Bertz CT molecular complexity index is 1260. The SMILES string of the molecule is O=c1[nH]c2ccc(OCCCN3CCN(c4cccc(Cl)c4)CC3)nc2n2cccc12. The first kappa shape index (κ1) is 19.9. The lowest BCUT2D eigenvalue weighted by atomic mass is 10.2. The maximum absolute atomic E-state index is 12.1. The van der Waals surface area contributed by atoms with Crippen molar-refractivity contribution in [2.75, 3.05) is 44.2 Å². The number of nitrogens with zero attached hydrogens (tertiary/aromatic N) is 4. The highest BCUT2D eigenvalue weighted by Crippen LogP contribution is 2.21. The number of rotatable bonds is 6. The number of nitrogens with one attached hydrogen (secondary N) is 1. The fourth-order valence-electron chi connectivity index (χ4n) is 4.10. The molecule has 1 aliphatic rings. The van der Waals surface area contributed by atoms with E-state index in [1.807, 2.05) is 36.5 Å². The van der Waals surface area contributed by atoms with Crippen LogP contribution >= 0.6 is 11.6 Å². The maximum atomic E-state index is 12.1. The first-order valence-electron chi connectivity index (χ1n) is 10.5. The number of ether oxygens (including phenoxy) is 1. The topological polar surface area (TPSA) is 65.9 Å². The number of piperazine rings is 1. The van der Waals surface area contributed by atoms with Crippen molar-refractivity contribution >= 4 is 34.0 Å². The molecule has 4 heterocycles. The van der Waals surface area contributed by atoms with Crippen LogP contribution in [-0.4, -0.2) is 58.6 Å². The molecule has 4 aromatic rings. The van der Waals surface area contributed by atoms with E-state index in [4.69, 9.17) is 16.3 Å². The monoisotopic (exact) mass is 437 g/mol. The Labute approximate surface area is 184 Å². The summed E-state index contributed by atoms with van der Waals surface area (Å²) in [6, 6.07) is 15.3. The van der Waals surface area contributed by atoms with E-state index < -0.39 is 0 Å². The van der Waals surface area contributed by atoms with Crippen molar-refractivity contribution in [1.29, 1.82) is 0 Å². The van der Waals surface area contributed by atoms with Gasteiger partial charge in [-0.25, -0.2) is 0 Å². The molecule has 8 heteroatoms. The number of pyridine rings is 1. The zero-order chi connectivity index (χ0) is 21.2. The number of hydrogen-bond acceptors (Lipinski definition) is 5. The highest BCUT2D eigenvalue weighted by atomic mass is 35.5. The summed E-state index contributed by atoms with van der Waals surface area (Å²) in [5.74, 6) is 0.570. The van der Waals surface area contributed by atoms with Gasteiger partial charge in [0.2, 0.25) is 5.88 Å². The van der Waals surface area contributed by atoms with Gasteiger partial charge in [-0.1, -0.05) is 17.7 Å². The Hall–Kier alpha value is -3.03. The molecule has 0 atom stereocenters. The number of halogens is 1. The first-order chi connectivity index (χ1) is 15.2. The van der Waals surface area contributed by atoms with Crippen LogP contribution in [0.5, 0.6) is 5.88 Å². The number of benzene rings is 1. The Balaban J connectivity index is 1.13. The number of fused-ring (bicyclic) bond motifs is 3. The first-order valence-corrected chi connectivity index (χ1v) is 10.9. The van der Waals surface area contributed by atoms with Crippen LogP contribution in [-0.2, 0) is 0 Å². The van der Waals surface area contributed by atoms with Gasteiger partial charge in [0.1, 0.15) is 5.52 Å². The van der Waals surface area contributed by atoms with E-state index in [0.717, 1.165) is 44.2 Å². The fourth-order valence-corrected chi connectivity index (χ4v) is 4.28. The number of H-pyrrole nitrogens is 1. The molecule has 5 rings (SSSR count). The van der Waals surface area contributed by atoms with Crippen molar-refractivity contribution in [3.8, 4) is 5.88 Å². The molecule has 0 amide bonds. The third kappa shape index (κ3) is 4.24. The smallest absolute Gasteiger partial charge is 0.272 e. The van der Waals surface area contributed by atoms with Crippen molar-refractivity contribution < 1.29 is 4.74 Å². The summed E-state index contributed by atoms with van der Waals surface area (Å²) in [5.41, 5.74) is 3.03. The molecule has 0 aliphatic carbocycles. The summed E-state index contributed by atoms with van der Waals surface area (Å²) in [5, 5.41) is 0.781. The largest absolute Gasteiger partial charge is 0.478 e. The van der Waals surface area contributed by atoms with Gasteiger partial charge in [-0.15, -0.1) is 0 Å². The number of anilines is 1. The molecular formula is C23H24ClN5O2. The average molecular weight is 438 g/mol. The second-order valence-electron chi connectivity index (χ2n) is 7.75. The highest BCUT2D eigenvalue weighted by molar-refractivity contribution is 6.30. The van der Waals surface area contributed by atoms with Crippen LogP contribution in [0.15, 0.2) is 59.5 Å². The molecule has 0 saturated carbocycles. The molecule has 1 N–H and O–H groups in total. The Morgan fingerprint density at radius 2 is 1.94 bits per heavy atom. The van der Waals surface area contributed by atoms with Crippen molar-refractivity contribution in [1.82, 2.24) is 19.3 Å². The van der Waals surface area contributed by atoms with Crippen LogP contribution < -0.4 is 15.2 Å². The van der Waals surface area contributed by atoms with E-state index in [2.05, 4.69) is 25.8 Å². The summed E-state index contributed by atoms with van der Waals surface area (Å²) in [6.45, 7) is 5.65. The van der Waals surface area contributed by atoms with E-state index in [9.17, 15) is 4.79 Å². The Morgan fingerprint density at radius 3 is 2.77 bits per heavy atom. The molecule has 7 nitrogen and oxygen atoms in total. The molecule has 31 heavy (non-hydrogen) atoms. The van der Waals surface area contributed by atoms with Crippen molar-refractivity contribution in [2.24, 2.45) is 0 Å². The lowest BCUT2D eigenvalue weighted by molar-refractivity contribution is 0.222. The van der Waals surface area contributed by atoms with E-state index >= 15 is 0 Å². The lowest BCUT2D eigenvalue weighted by Gasteiger charge is -2.36. The summed E-state index contributed by atoms with van der Waals surface area (Å²) in [7, 11) is 0. The molecule has 0 spiro atoms. The van der Waals surface area contributed by atoms with Gasteiger partial charge in [-0.3, -0.25) is 14.1 Å². The van der Waals surface area contributed by atoms with E-state index in [-0.39, 0.29) is 5.56 Å². The van der Waals surface area contributed by atoms with Gasteiger partial charge in [0.05, 0.1) is 12.1 Å². The van der Waals surface area contributed by atoms with Crippen LogP contribution in [0.4, 0.5) is 5.69 Å². The molecule has 0 unspecified atom stereocenters. The van der Waals surface area contributed by atoms with Crippen LogP contribution in [0, 0.1) is 0 Å². The zero-order valence-electron chi connectivity index (χ0n) is 17.1. The van der Waals surface area contributed by atoms with Crippen LogP contribution in [0.25, 0.3) is 16.7 Å². The van der Waals surface area contributed by atoms with Gasteiger partial charge in [-0.2, -0.15) is 4.98 Å². The van der Waals surface area contributed by atoms with Crippen molar-refractivity contribution in [3.63, 3.8) is 0 Å². The minimum Gasteiger partial charge on any atom is -0.478 e. The highest BCUT2D eigenvalue weighted by Gasteiger charge is 2.17. The predicted molar refractivity (Wildman–Crippen MR) is 124 cm³/mol. The molecule has 160 valence electrons. The van der Waals surface area contributed by atoms with Crippen LogP contribution in [0.2, 0.25) is 5.02 Å². The van der Waals surface area contributed by atoms with E-state index in [0.29, 0.717) is 29.2 Å². The summed E-state index contributed by atoms with van der Waals surface area (Å²) in [6.07, 6.45) is 2.77. The lowest BCUT2D eigenvalue weighted by Crippen LogP contribution is -2.46. The van der Waals surface area contributed by atoms with Gasteiger partial charge in [0, 0.05) is 55.7 Å². The molecular weight excluding hydrogens is 414 g/mol. The fraction of sp³-hybridized carbons (Fsp3) is 0.304.